The van der Waals surface area contributed by atoms with Crippen molar-refractivity contribution in [3.63, 3.8) is 0 Å². The molecule has 1 aromatic heterocycles. The van der Waals surface area contributed by atoms with Crippen LogP contribution < -0.4 is 5.32 Å². The minimum absolute atomic E-state index is 0.0204. The lowest BCUT2D eigenvalue weighted by molar-refractivity contribution is 0.0685. The fourth-order valence-corrected chi connectivity index (χ4v) is 1.99. The Morgan fingerprint density at radius 3 is 2.89 bits per heavy atom. The molecule has 0 aliphatic heterocycles. The van der Waals surface area contributed by atoms with E-state index in [2.05, 4.69) is 10.5 Å². The molecule has 2 rings (SSSR count). The zero-order valence-electron chi connectivity index (χ0n) is 10.3. The number of nitrogens with zero attached hydrogens (tertiary/aromatic N) is 1. The third kappa shape index (κ3) is 3.33. The van der Waals surface area contributed by atoms with Gasteiger partial charge in [0.2, 0.25) is 0 Å². The molecule has 0 unspecified atom stereocenters. The number of carbonyl (C=O) groups is 1. The van der Waals surface area contributed by atoms with E-state index in [1.165, 1.54) is 6.07 Å². The van der Waals surface area contributed by atoms with Crippen LogP contribution in [0.15, 0.2) is 34.9 Å². The molecule has 2 aromatic rings. The van der Waals surface area contributed by atoms with Gasteiger partial charge in [-0.1, -0.05) is 35.0 Å². The van der Waals surface area contributed by atoms with Crippen molar-refractivity contribution in [2.45, 2.75) is 19.5 Å². The van der Waals surface area contributed by atoms with E-state index in [1.54, 1.807) is 0 Å². The Balaban J connectivity index is 1.98. The molecular formula is C13H13ClN2O3. The third-order valence-electron chi connectivity index (χ3n) is 2.73. The first-order valence-corrected chi connectivity index (χ1v) is 6.12. The summed E-state index contributed by atoms with van der Waals surface area (Å²) in [4.78, 5) is 10.7. The predicted octanol–water partition coefficient (Wildman–Crippen LogP) is 2.88. The number of carboxylic acids is 1. The van der Waals surface area contributed by atoms with Gasteiger partial charge < -0.3 is 14.9 Å². The highest BCUT2D eigenvalue weighted by Crippen LogP contribution is 2.22. The second kappa shape index (κ2) is 5.86. The minimum Gasteiger partial charge on any atom is -0.476 e. The summed E-state index contributed by atoms with van der Waals surface area (Å²) in [6.07, 6.45) is 0. The molecule has 0 fully saturated rings. The van der Waals surface area contributed by atoms with Crippen molar-refractivity contribution >= 4 is 17.6 Å². The monoisotopic (exact) mass is 280 g/mol. The van der Waals surface area contributed by atoms with Crippen molar-refractivity contribution in [1.82, 2.24) is 10.5 Å². The van der Waals surface area contributed by atoms with E-state index in [0.717, 1.165) is 5.56 Å². The molecule has 0 radical (unpaired) electrons. The Bertz CT molecular complexity index is 583. The van der Waals surface area contributed by atoms with Crippen LogP contribution >= 0.6 is 11.6 Å². The Hall–Kier alpha value is -1.85. The quantitative estimate of drug-likeness (QED) is 0.881. The van der Waals surface area contributed by atoms with Gasteiger partial charge in [-0.25, -0.2) is 4.79 Å². The molecule has 0 saturated carbocycles. The predicted molar refractivity (Wildman–Crippen MR) is 70.2 cm³/mol. The van der Waals surface area contributed by atoms with Gasteiger partial charge in [0, 0.05) is 17.1 Å². The Morgan fingerprint density at radius 1 is 1.53 bits per heavy atom. The second-order valence-corrected chi connectivity index (χ2v) is 4.51. The number of aromatic carboxylic acids is 1. The smallest absolute Gasteiger partial charge is 0.358 e. The molecule has 1 aromatic carbocycles. The molecule has 0 spiro atoms. The lowest BCUT2D eigenvalue weighted by atomic mass is 10.1. The van der Waals surface area contributed by atoms with E-state index in [-0.39, 0.29) is 11.7 Å². The highest BCUT2D eigenvalue weighted by atomic mass is 35.5. The number of halogens is 1. The molecule has 5 nitrogen and oxygen atoms in total. The van der Waals surface area contributed by atoms with E-state index in [9.17, 15) is 4.79 Å². The van der Waals surface area contributed by atoms with Gasteiger partial charge in [0.05, 0.1) is 6.54 Å². The SMILES string of the molecule is C[C@H](NCc1cc(C(=O)O)no1)c1ccccc1Cl. The normalized spacial score (nSPS) is 12.3. The largest absolute Gasteiger partial charge is 0.476 e. The number of nitrogens with one attached hydrogen (secondary N) is 1. The maximum absolute atomic E-state index is 10.7. The molecule has 0 aliphatic carbocycles. The molecule has 0 saturated heterocycles. The lowest BCUT2D eigenvalue weighted by Crippen LogP contribution is -2.18. The van der Waals surface area contributed by atoms with E-state index < -0.39 is 5.97 Å². The molecule has 1 heterocycles. The van der Waals surface area contributed by atoms with Crippen LogP contribution in [0.25, 0.3) is 0 Å². The maximum atomic E-state index is 10.7. The van der Waals surface area contributed by atoms with Crippen LogP contribution in [0.5, 0.6) is 0 Å². The number of hydrogen-bond acceptors (Lipinski definition) is 4. The summed E-state index contributed by atoms with van der Waals surface area (Å²) in [6.45, 7) is 2.35. The average molecular weight is 281 g/mol. The van der Waals surface area contributed by atoms with E-state index in [0.29, 0.717) is 17.3 Å². The van der Waals surface area contributed by atoms with Crippen LogP contribution in [0.2, 0.25) is 5.02 Å². The van der Waals surface area contributed by atoms with Crippen LogP contribution in [0, 0.1) is 0 Å². The summed E-state index contributed by atoms with van der Waals surface area (Å²) in [6, 6.07) is 8.96. The minimum atomic E-state index is -1.10. The van der Waals surface area contributed by atoms with Gasteiger partial charge in [-0.15, -0.1) is 0 Å². The van der Waals surface area contributed by atoms with Crippen LogP contribution in [-0.2, 0) is 6.54 Å². The second-order valence-electron chi connectivity index (χ2n) is 4.11. The van der Waals surface area contributed by atoms with Gasteiger partial charge in [-0.2, -0.15) is 0 Å². The summed E-state index contributed by atoms with van der Waals surface area (Å²) < 4.78 is 4.92. The number of rotatable bonds is 5. The van der Waals surface area contributed by atoms with Crippen molar-refractivity contribution in [1.29, 1.82) is 0 Å². The standard InChI is InChI=1S/C13H13ClN2O3/c1-8(10-4-2-3-5-11(10)14)15-7-9-6-12(13(17)18)16-19-9/h2-6,8,15H,7H2,1H3,(H,17,18)/t8-/m0/s1. The van der Waals surface area contributed by atoms with Crippen molar-refractivity contribution in [2.24, 2.45) is 0 Å². The summed E-state index contributed by atoms with van der Waals surface area (Å²) in [7, 11) is 0. The Labute approximate surface area is 115 Å². The lowest BCUT2D eigenvalue weighted by Gasteiger charge is -2.14. The molecule has 100 valence electrons. The fraction of sp³-hybridized carbons (Fsp3) is 0.231. The first-order valence-electron chi connectivity index (χ1n) is 5.74. The van der Waals surface area contributed by atoms with E-state index in [1.807, 2.05) is 31.2 Å². The number of aromatic nitrogens is 1. The zero-order valence-corrected chi connectivity index (χ0v) is 11.0. The van der Waals surface area contributed by atoms with Crippen molar-refractivity contribution in [3.05, 3.63) is 52.4 Å². The highest BCUT2D eigenvalue weighted by Gasteiger charge is 2.13. The average Bonchev–Trinajstić information content (AvgIpc) is 2.85. The van der Waals surface area contributed by atoms with Gasteiger partial charge in [-0.05, 0) is 18.6 Å². The molecule has 19 heavy (non-hydrogen) atoms. The number of hydrogen-bond donors (Lipinski definition) is 2. The van der Waals surface area contributed by atoms with Crippen LogP contribution in [0.1, 0.15) is 34.8 Å². The molecule has 2 N–H and O–H groups in total. The summed E-state index contributed by atoms with van der Waals surface area (Å²) in [5.74, 6) is -0.634. The first-order chi connectivity index (χ1) is 9.08. The number of carboxylic acid groups (broad SMARTS) is 1. The van der Waals surface area contributed by atoms with Crippen LogP contribution in [0.3, 0.4) is 0 Å². The van der Waals surface area contributed by atoms with Gasteiger partial charge in [-0.3, -0.25) is 0 Å². The van der Waals surface area contributed by atoms with Crippen molar-refractivity contribution < 1.29 is 14.4 Å². The van der Waals surface area contributed by atoms with Gasteiger partial charge >= 0.3 is 5.97 Å². The van der Waals surface area contributed by atoms with Gasteiger partial charge in [0.25, 0.3) is 0 Å². The van der Waals surface area contributed by atoms with Crippen LogP contribution in [-0.4, -0.2) is 16.2 Å². The Morgan fingerprint density at radius 2 is 2.26 bits per heavy atom. The van der Waals surface area contributed by atoms with Gasteiger partial charge in [0.15, 0.2) is 11.5 Å². The van der Waals surface area contributed by atoms with Crippen molar-refractivity contribution in [2.75, 3.05) is 0 Å². The third-order valence-corrected chi connectivity index (χ3v) is 3.08. The fourth-order valence-electron chi connectivity index (χ4n) is 1.69. The number of benzene rings is 1. The zero-order chi connectivity index (χ0) is 13.8. The molecule has 1 atom stereocenters. The highest BCUT2D eigenvalue weighted by molar-refractivity contribution is 6.31. The van der Waals surface area contributed by atoms with Crippen LogP contribution in [0.4, 0.5) is 0 Å². The topological polar surface area (TPSA) is 75.4 Å². The molecule has 0 amide bonds. The molecule has 0 bridgehead atoms. The van der Waals surface area contributed by atoms with E-state index in [4.69, 9.17) is 21.2 Å². The summed E-state index contributed by atoms with van der Waals surface area (Å²) in [5, 5.41) is 16.1. The molecular weight excluding hydrogens is 268 g/mol. The molecule has 0 aliphatic rings. The summed E-state index contributed by atoms with van der Waals surface area (Å²) >= 11 is 6.09. The van der Waals surface area contributed by atoms with E-state index >= 15 is 0 Å². The summed E-state index contributed by atoms with van der Waals surface area (Å²) in [5.41, 5.74) is 0.879. The van der Waals surface area contributed by atoms with Gasteiger partial charge in [0.1, 0.15) is 0 Å². The first kappa shape index (κ1) is 13.6. The Kier molecular flexibility index (Phi) is 4.19. The maximum Gasteiger partial charge on any atom is 0.358 e. The van der Waals surface area contributed by atoms with Crippen molar-refractivity contribution in [3.8, 4) is 0 Å². The molecule has 6 heteroatoms.